The van der Waals surface area contributed by atoms with E-state index < -0.39 is 0 Å². The van der Waals surface area contributed by atoms with Gasteiger partial charge in [0.2, 0.25) is 0 Å². The van der Waals surface area contributed by atoms with Crippen LogP contribution in [0.3, 0.4) is 0 Å². The van der Waals surface area contributed by atoms with Gasteiger partial charge < -0.3 is 0 Å². The smallest absolute Gasteiger partial charge is 0.0890 e. The highest BCUT2D eigenvalue weighted by molar-refractivity contribution is 5.59. The Bertz CT molecular complexity index is 380. The van der Waals surface area contributed by atoms with Crippen molar-refractivity contribution in [3.05, 3.63) is 41.5 Å². The Labute approximate surface area is 90.1 Å². The molecule has 1 unspecified atom stereocenters. The molecule has 15 heavy (non-hydrogen) atoms. The van der Waals surface area contributed by atoms with Crippen LogP contribution in [0.15, 0.2) is 30.3 Å². The molecule has 0 spiro atoms. The maximum absolute atomic E-state index is 8.56. The Morgan fingerprint density at radius 1 is 1.33 bits per heavy atom. The van der Waals surface area contributed by atoms with Crippen LogP contribution in [0.4, 0.5) is 0 Å². The minimum atomic E-state index is 0.00801. The van der Waals surface area contributed by atoms with E-state index in [9.17, 15) is 0 Å². The number of fused-ring (bicyclic) bond motifs is 1. The van der Waals surface area contributed by atoms with E-state index in [-0.39, 0.29) is 11.3 Å². The normalized spacial score (nSPS) is 22.5. The van der Waals surface area contributed by atoms with Gasteiger partial charge in [0, 0.05) is 5.92 Å². The van der Waals surface area contributed by atoms with Crippen LogP contribution in [-0.4, -0.2) is 11.9 Å². The second kappa shape index (κ2) is 3.80. The number of hydrogen-bond donors (Lipinski definition) is 1. The van der Waals surface area contributed by atoms with Gasteiger partial charge >= 0.3 is 0 Å². The van der Waals surface area contributed by atoms with Crippen LogP contribution in [0.1, 0.15) is 25.0 Å². The summed E-state index contributed by atoms with van der Waals surface area (Å²) in [6, 6.07) is 8.35. The first-order chi connectivity index (χ1) is 7.16. The van der Waals surface area contributed by atoms with Crippen LogP contribution < -0.4 is 0 Å². The summed E-state index contributed by atoms with van der Waals surface area (Å²) < 4.78 is 0. The van der Waals surface area contributed by atoms with E-state index in [0.29, 0.717) is 6.61 Å². The maximum atomic E-state index is 8.56. The van der Waals surface area contributed by atoms with E-state index in [1.165, 1.54) is 11.1 Å². The van der Waals surface area contributed by atoms with Gasteiger partial charge in [0.05, 0.1) is 6.61 Å². The van der Waals surface area contributed by atoms with E-state index in [1.54, 1.807) is 0 Å². The second-order valence-electron chi connectivity index (χ2n) is 4.57. The molecule has 0 bridgehead atoms. The summed E-state index contributed by atoms with van der Waals surface area (Å²) in [5, 5.41) is 8.56. The van der Waals surface area contributed by atoms with Gasteiger partial charge in [-0.15, -0.1) is 0 Å². The van der Waals surface area contributed by atoms with Crippen LogP contribution in [-0.2, 0) is 10.3 Å². The highest BCUT2D eigenvalue weighted by atomic mass is 17.1. The molecule has 0 radical (unpaired) electrons. The van der Waals surface area contributed by atoms with Crippen molar-refractivity contribution in [1.29, 1.82) is 0 Å². The molecule has 0 saturated heterocycles. The van der Waals surface area contributed by atoms with Crippen LogP contribution in [0, 0.1) is 5.92 Å². The molecule has 1 aromatic rings. The molecule has 1 aliphatic rings. The lowest BCUT2D eigenvalue weighted by atomic mass is 9.69. The van der Waals surface area contributed by atoms with E-state index in [0.717, 1.165) is 0 Å². The lowest BCUT2D eigenvalue weighted by Crippen LogP contribution is -2.33. The van der Waals surface area contributed by atoms with Crippen molar-refractivity contribution in [1.82, 2.24) is 0 Å². The summed E-state index contributed by atoms with van der Waals surface area (Å²) in [6.45, 7) is 4.70. The predicted octanol–water partition coefficient (Wildman–Crippen LogP) is 3.10. The quantitative estimate of drug-likeness (QED) is 0.592. The maximum Gasteiger partial charge on any atom is 0.0890 e. The third-order valence-electron chi connectivity index (χ3n) is 3.34. The molecule has 2 nitrogen and oxygen atoms in total. The first-order valence-electron chi connectivity index (χ1n) is 5.20. The lowest BCUT2D eigenvalue weighted by Gasteiger charge is -2.36. The van der Waals surface area contributed by atoms with Crippen molar-refractivity contribution >= 4 is 6.08 Å². The van der Waals surface area contributed by atoms with Crippen molar-refractivity contribution < 1.29 is 10.1 Å². The van der Waals surface area contributed by atoms with Crippen LogP contribution in [0.5, 0.6) is 0 Å². The third kappa shape index (κ3) is 1.71. The van der Waals surface area contributed by atoms with Gasteiger partial charge in [-0.1, -0.05) is 50.3 Å². The van der Waals surface area contributed by atoms with Crippen molar-refractivity contribution in [3.8, 4) is 0 Å². The molecule has 0 fully saturated rings. The molecule has 80 valence electrons. The average Bonchev–Trinajstić information content (AvgIpc) is 2.23. The van der Waals surface area contributed by atoms with Gasteiger partial charge in [0.15, 0.2) is 0 Å². The fourth-order valence-corrected chi connectivity index (χ4v) is 2.23. The average molecular weight is 204 g/mol. The minimum Gasteiger partial charge on any atom is -0.252 e. The summed E-state index contributed by atoms with van der Waals surface area (Å²) in [5.74, 6) is 0.220. The molecule has 1 atom stereocenters. The molecule has 1 N–H and O–H groups in total. The number of rotatable bonds is 2. The Kier molecular flexibility index (Phi) is 2.63. The first kappa shape index (κ1) is 10.4. The van der Waals surface area contributed by atoms with Crippen LogP contribution in [0.25, 0.3) is 6.08 Å². The van der Waals surface area contributed by atoms with Crippen molar-refractivity contribution in [2.45, 2.75) is 19.3 Å². The summed E-state index contributed by atoms with van der Waals surface area (Å²) in [7, 11) is 0. The highest BCUT2D eigenvalue weighted by Crippen LogP contribution is 2.39. The van der Waals surface area contributed by atoms with E-state index >= 15 is 0 Å². The standard InChI is InChI=1S/C13H16O2/c1-13(2)11(9-15-14)8-7-10-5-3-4-6-12(10)13/h3-8,11,14H,9H2,1-2H3. The Morgan fingerprint density at radius 2 is 2.07 bits per heavy atom. The van der Waals surface area contributed by atoms with Gasteiger partial charge in [0.25, 0.3) is 0 Å². The molecular formula is C13H16O2. The lowest BCUT2D eigenvalue weighted by molar-refractivity contribution is -0.251. The molecule has 1 aromatic carbocycles. The number of benzene rings is 1. The largest absolute Gasteiger partial charge is 0.252 e. The topological polar surface area (TPSA) is 29.5 Å². The van der Waals surface area contributed by atoms with Gasteiger partial charge in [0.1, 0.15) is 0 Å². The fraction of sp³-hybridized carbons (Fsp3) is 0.385. The molecule has 0 aromatic heterocycles. The zero-order valence-electron chi connectivity index (χ0n) is 9.10. The van der Waals surface area contributed by atoms with E-state index in [2.05, 4.69) is 49.1 Å². The first-order valence-corrected chi connectivity index (χ1v) is 5.20. The van der Waals surface area contributed by atoms with Gasteiger partial charge in [-0.3, -0.25) is 5.26 Å². The third-order valence-corrected chi connectivity index (χ3v) is 3.34. The minimum absolute atomic E-state index is 0.00801. The second-order valence-corrected chi connectivity index (χ2v) is 4.57. The van der Waals surface area contributed by atoms with Gasteiger partial charge in [-0.2, -0.15) is 0 Å². The van der Waals surface area contributed by atoms with Crippen molar-refractivity contribution in [2.75, 3.05) is 6.61 Å². The monoisotopic (exact) mass is 204 g/mol. The zero-order chi connectivity index (χ0) is 10.9. The van der Waals surface area contributed by atoms with Crippen LogP contribution >= 0.6 is 0 Å². The summed E-state index contributed by atoms with van der Waals surface area (Å²) in [6.07, 6.45) is 4.21. The van der Waals surface area contributed by atoms with Crippen LogP contribution in [0.2, 0.25) is 0 Å². The Morgan fingerprint density at radius 3 is 2.80 bits per heavy atom. The Hall–Kier alpha value is -1.12. The molecule has 0 aliphatic heterocycles. The molecule has 2 heteroatoms. The molecule has 1 aliphatic carbocycles. The molecule has 0 amide bonds. The predicted molar refractivity (Wildman–Crippen MR) is 60.6 cm³/mol. The summed E-state index contributed by atoms with van der Waals surface area (Å²) in [4.78, 5) is 4.28. The van der Waals surface area contributed by atoms with Gasteiger partial charge in [-0.05, 0) is 16.5 Å². The SMILES string of the molecule is CC1(C)c2ccccc2C=CC1COO. The zero-order valence-corrected chi connectivity index (χ0v) is 9.10. The molecule has 0 heterocycles. The molecule has 0 saturated carbocycles. The highest BCUT2D eigenvalue weighted by Gasteiger charge is 2.33. The van der Waals surface area contributed by atoms with Crippen molar-refractivity contribution in [3.63, 3.8) is 0 Å². The summed E-state index contributed by atoms with van der Waals surface area (Å²) in [5.41, 5.74) is 2.58. The Balaban J connectivity index is 2.43. The molecule has 2 rings (SSSR count). The number of hydrogen-bond acceptors (Lipinski definition) is 2. The molecular weight excluding hydrogens is 188 g/mol. The van der Waals surface area contributed by atoms with E-state index in [4.69, 9.17) is 5.26 Å². The van der Waals surface area contributed by atoms with Gasteiger partial charge in [-0.25, -0.2) is 4.89 Å². The van der Waals surface area contributed by atoms with Crippen molar-refractivity contribution in [2.24, 2.45) is 5.92 Å². The summed E-state index contributed by atoms with van der Waals surface area (Å²) >= 11 is 0. The fourth-order valence-electron chi connectivity index (χ4n) is 2.23. The van der Waals surface area contributed by atoms with E-state index in [1.807, 2.05) is 6.07 Å².